The zero-order chi connectivity index (χ0) is 15.5. The summed E-state index contributed by atoms with van der Waals surface area (Å²) in [6.07, 6.45) is 7.82. The molecule has 2 heterocycles. The molecule has 0 atom stereocenters. The molecule has 5 heteroatoms. The third kappa shape index (κ3) is 3.65. The van der Waals surface area contributed by atoms with Crippen molar-refractivity contribution in [2.45, 2.75) is 32.2 Å². The first-order valence-corrected chi connectivity index (χ1v) is 8.54. The van der Waals surface area contributed by atoms with Crippen molar-refractivity contribution >= 4 is 23.2 Å². The van der Waals surface area contributed by atoms with E-state index in [0.717, 1.165) is 50.3 Å². The molecular weight excluding hydrogens is 317 g/mol. The molecule has 2 aromatic rings. The van der Waals surface area contributed by atoms with Gasteiger partial charge in [-0.05, 0) is 55.5 Å². The summed E-state index contributed by atoms with van der Waals surface area (Å²) in [4.78, 5) is 2.38. The predicted octanol–water partition coefficient (Wildman–Crippen LogP) is 3.85. The lowest BCUT2D eigenvalue weighted by molar-refractivity contribution is 0.352. The Labute approximate surface area is 141 Å². The molecule has 0 radical (unpaired) electrons. The fourth-order valence-electron chi connectivity index (χ4n) is 3.14. The van der Waals surface area contributed by atoms with Crippen LogP contribution in [0.3, 0.4) is 0 Å². The number of hydrogen-bond acceptors (Lipinski definition) is 2. The highest BCUT2D eigenvalue weighted by Gasteiger charge is 2.17. The molecule has 1 aliphatic rings. The number of rotatable bonds is 4. The molecule has 0 amide bonds. The summed E-state index contributed by atoms with van der Waals surface area (Å²) in [5.41, 5.74) is 4.26. The van der Waals surface area contributed by atoms with Crippen molar-refractivity contribution in [2.75, 3.05) is 20.1 Å². The first-order valence-electron chi connectivity index (χ1n) is 7.79. The summed E-state index contributed by atoms with van der Waals surface area (Å²) in [7, 11) is 2.18. The molecule has 0 bridgehead atoms. The lowest BCUT2D eigenvalue weighted by atomic mass is 9.94. The molecule has 0 aliphatic carbocycles. The van der Waals surface area contributed by atoms with Crippen LogP contribution in [0.25, 0.3) is 0 Å². The summed E-state index contributed by atoms with van der Waals surface area (Å²) in [6.45, 7) is 3.08. The van der Waals surface area contributed by atoms with Gasteiger partial charge in [0, 0.05) is 30.9 Å². The zero-order valence-electron chi connectivity index (χ0n) is 12.9. The molecule has 0 N–H and O–H groups in total. The van der Waals surface area contributed by atoms with Crippen LogP contribution in [0.2, 0.25) is 10.0 Å². The molecule has 0 spiro atoms. The van der Waals surface area contributed by atoms with Gasteiger partial charge in [-0.1, -0.05) is 29.3 Å². The second-order valence-electron chi connectivity index (χ2n) is 5.99. The molecule has 22 heavy (non-hydrogen) atoms. The Morgan fingerprint density at radius 2 is 1.91 bits per heavy atom. The lowest BCUT2D eigenvalue weighted by Gasteiger charge is -2.14. The molecule has 0 fully saturated rings. The minimum atomic E-state index is 0.698. The molecule has 0 unspecified atom stereocenters. The van der Waals surface area contributed by atoms with E-state index < -0.39 is 0 Å². The zero-order valence-corrected chi connectivity index (χ0v) is 14.4. The van der Waals surface area contributed by atoms with Gasteiger partial charge in [-0.25, -0.2) is 0 Å². The summed E-state index contributed by atoms with van der Waals surface area (Å²) in [5, 5.41) is 5.85. The monoisotopic (exact) mass is 337 g/mol. The van der Waals surface area contributed by atoms with Gasteiger partial charge in [0.1, 0.15) is 0 Å². The number of aromatic nitrogens is 2. The maximum Gasteiger partial charge on any atom is 0.0785 e. The minimum absolute atomic E-state index is 0.698. The molecule has 3 nitrogen and oxygen atoms in total. The largest absolute Gasteiger partial charge is 0.306 e. The van der Waals surface area contributed by atoms with Crippen molar-refractivity contribution in [1.82, 2.24) is 14.7 Å². The first-order chi connectivity index (χ1) is 10.6. The van der Waals surface area contributed by atoms with Crippen molar-refractivity contribution < 1.29 is 0 Å². The topological polar surface area (TPSA) is 21.1 Å². The fourth-order valence-corrected chi connectivity index (χ4v) is 3.57. The van der Waals surface area contributed by atoms with E-state index in [1.165, 1.54) is 16.7 Å². The van der Waals surface area contributed by atoms with E-state index in [0.29, 0.717) is 5.02 Å². The van der Waals surface area contributed by atoms with Gasteiger partial charge < -0.3 is 4.90 Å². The van der Waals surface area contributed by atoms with Crippen molar-refractivity contribution in [3.05, 3.63) is 51.3 Å². The molecule has 0 saturated heterocycles. The highest BCUT2D eigenvalue weighted by Crippen LogP contribution is 2.28. The van der Waals surface area contributed by atoms with E-state index in [9.17, 15) is 0 Å². The Bertz CT molecular complexity index is 651. The van der Waals surface area contributed by atoms with Gasteiger partial charge in [0.15, 0.2) is 0 Å². The van der Waals surface area contributed by atoms with Crippen molar-refractivity contribution in [2.24, 2.45) is 0 Å². The van der Waals surface area contributed by atoms with Crippen LogP contribution in [0.5, 0.6) is 0 Å². The maximum atomic E-state index is 6.42. The molecule has 1 aromatic heterocycles. The smallest absolute Gasteiger partial charge is 0.0785 e. The maximum absolute atomic E-state index is 6.42. The number of fused-ring (bicyclic) bond motifs is 1. The number of aryl methyl sites for hydroxylation is 2. The normalized spacial score (nSPS) is 15.6. The van der Waals surface area contributed by atoms with Gasteiger partial charge in [-0.15, -0.1) is 0 Å². The molecule has 118 valence electrons. The standard InChI is InChI=1S/C17H21Cl2N3/c1-21-9-6-15-13(4-5-17(19)16(15)7-10-21)3-2-8-22-12-14(18)11-20-22/h4-5,11-12H,2-3,6-10H2,1H3. The van der Waals surface area contributed by atoms with Gasteiger partial charge in [-0.3, -0.25) is 4.68 Å². The molecule has 1 aromatic carbocycles. The minimum Gasteiger partial charge on any atom is -0.306 e. The van der Waals surface area contributed by atoms with E-state index >= 15 is 0 Å². The van der Waals surface area contributed by atoms with Crippen LogP contribution in [0.15, 0.2) is 24.5 Å². The lowest BCUT2D eigenvalue weighted by Crippen LogP contribution is -2.20. The molecular formula is C17H21Cl2N3. The second kappa shape index (κ2) is 7.03. The Balaban J connectivity index is 1.71. The molecule has 1 aliphatic heterocycles. The van der Waals surface area contributed by atoms with Gasteiger partial charge in [-0.2, -0.15) is 5.10 Å². The van der Waals surface area contributed by atoms with E-state index in [1.54, 1.807) is 6.20 Å². The number of likely N-dealkylation sites (N-methyl/N-ethyl adjacent to an activating group) is 1. The Hall–Kier alpha value is -1.03. The number of nitrogens with zero attached hydrogens (tertiary/aromatic N) is 3. The molecule has 0 saturated carbocycles. The average molecular weight is 338 g/mol. The Morgan fingerprint density at radius 1 is 1.14 bits per heavy atom. The summed E-state index contributed by atoms with van der Waals surface area (Å²) in [6, 6.07) is 4.26. The average Bonchev–Trinajstić information content (AvgIpc) is 2.80. The Morgan fingerprint density at radius 3 is 2.64 bits per heavy atom. The van der Waals surface area contributed by atoms with E-state index in [4.69, 9.17) is 23.2 Å². The third-order valence-electron chi connectivity index (χ3n) is 4.39. The van der Waals surface area contributed by atoms with Gasteiger partial charge in [0.05, 0.1) is 11.2 Å². The number of benzene rings is 1. The first kappa shape index (κ1) is 15.9. The third-order valence-corrected chi connectivity index (χ3v) is 4.94. The van der Waals surface area contributed by atoms with Crippen LogP contribution in [0, 0.1) is 0 Å². The van der Waals surface area contributed by atoms with Crippen molar-refractivity contribution in [3.8, 4) is 0 Å². The van der Waals surface area contributed by atoms with Crippen molar-refractivity contribution in [1.29, 1.82) is 0 Å². The van der Waals surface area contributed by atoms with Crippen LogP contribution in [0.1, 0.15) is 23.1 Å². The quantitative estimate of drug-likeness (QED) is 0.844. The van der Waals surface area contributed by atoms with Crippen LogP contribution in [-0.4, -0.2) is 34.8 Å². The van der Waals surface area contributed by atoms with Crippen LogP contribution in [0.4, 0.5) is 0 Å². The fraction of sp³-hybridized carbons (Fsp3) is 0.471. The summed E-state index contributed by atoms with van der Waals surface area (Å²) in [5.74, 6) is 0. The predicted molar refractivity (Wildman–Crippen MR) is 91.9 cm³/mol. The summed E-state index contributed by atoms with van der Waals surface area (Å²) < 4.78 is 1.91. The SMILES string of the molecule is CN1CCc2c(Cl)ccc(CCCn3cc(Cl)cn3)c2CC1. The van der Waals surface area contributed by atoms with Crippen molar-refractivity contribution in [3.63, 3.8) is 0 Å². The second-order valence-corrected chi connectivity index (χ2v) is 6.84. The van der Waals surface area contributed by atoms with E-state index in [2.05, 4.69) is 29.2 Å². The number of halogens is 2. The highest BCUT2D eigenvalue weighted by atomic mass is 35.5. The number of hydrogen-bond donors (Lipinski definition) is 0. The van der Waals surface area contributed by atoms with Gasteiger partial charge in [0.2, 0.25) is 0 Å². The Kier molecular flexibility index (Phi) is 5.07. The van der Waals surface area contributed by atoms with Crippen LogP contribution >= 0.6 is 23.2 Å². The van der Waals surface area contributed by atoms with Crippen LogP contribution < -0.4 is 0 Å². The van der Waals surface area contributed by atoms with Gasteiger partial charge >= 0.3 is 0 Å². The van der Waals surface area contributed by atoms with E-state index in [1.807, 2.05) is 10.9 Å². The van der Waals surface area contributed by atoms with Gasteiger partial charge in [0.25, 0.3) is 0 Å². The highest BCUT2D eigenvalue weighted by molar-refractivity contribution is 6.31. The van der Waals surface area contributed by atoms with E-state index in [-0.39, 0.29) is 0 Å². The van der Waals surface area contributed by atoms with Crippen LogP contribution in [-0.2, 0) is 25.8 Å². The summed E-state index contributed by atoms with van der Waals surface area (Å²) >= 11 is 12.3. The molecule has 3 rings (SSSR count).